The number of benzene rings is 2. The summed E-state index contributed by atoms with van der Waals surface area (Å²) in [7, 11) is 0. The molecule has 29 heavy (non-hydrogen) atoms. The van der Waals surface area contributed by atoms with Gasteiger partial charge in [-0.3, -0.25) is 25.1 Å². The molecule has 10 nitrogen and oxygen atoms in total. The minimum Gasteiger partial charge on any atom is -0.479 e. The van der Waals surface area contributed by atoms with Crippen LogP contribution in [0.5, 0.6) is 5.75 Å². The molecule has 2 N–H and O–H groups in total. The summed E-state index contributed by atoms with van der Waals surface area (Å²) in [6.45, 7) is 1.24. The van der Waals surface area contributed by atoms with Gasteiger partial charge in [-0.15, -0.1) is 0 Å². The number of amides is 2. The summed E-state index contributed by atoms with van der Waals surface area (Å²) in [4.78, 5) is 46.3. The Balaban J connectivity index is 1.92. The fourth-order valence-electron chi connectivity index (χ4n) is 2.59. The van der Waals surface area contributed by atoms with Crippen molar-refractivity contribution in [3.63, 3.8) is 0 Å². The lowest BCUT2D eigenvalue weighted by molar-refractivity contribution is -0.386. The second-order valence-electron chi connectivity index (χ2n) is 6.06. The van der Waals surface area contributed by atoms with Gasteiger partial charge in [0.15, 0.2) is 11.9 Å². The molecule has 1 aliphatic rings. The molecule has 1 aliphatic heterocycles. The second kappa shape index (κ2) is 7.80. The number of rotatable bonds is 6. The highest BCUT2D eigenvalue weighted by molar-refractivity contribution is 6.31. The van der Waals surface area contributed by atoms with Crippen molar-refractivity contribution < 1.29 is 29.2 Å². The summed E-state index contributed by atoms with van der Waals surface area (Å²) in [5.41, 5.74) is 2.42. The first kappa shape index (κ1) is 19.5. The van der Waals surface area contributed by atoms with Gasteiger partial charge in [-0.2, -0.15) is 0 Å². The number of carboxylic acid groups (broad SMARTS) is 1. The number of hydrazine groups is 1. The Kier molecular flexibility index (Phi) is 5.26. The number of nitro groups is 1. The number of nitrogens with one attached hydrogen (secondary N) is 1. The number of hydrogen-bond donors (Lipinski definition) is 2. The zero-order chi connectivity index (χ0) is 21.1. The van der Waals surface area contributed by atoms with Crippen LogP contribution in [-0.4, -0.2) is 33.9 Å². The SMILES string of the molecule is CC(Oc1ccc(C=C2C(=O)NN(c3ccccc3)C2=O)cc1[N+](=O)[O-])C(=O)O. The molecule has 1 saturated heterocycles. The molecule has 2 aromatic carbocycles. The van der Waals surface area contributed by atoms with Crippen molar-refractivity contribution in [3.8, 4) is 5.75 Å². The van der Waals surface area contributed by atoms with Gasteiger partial charge < -0.3 is 9.84 Å². The maximum atomic E-state index is 12.6. The van der Waals surface area contributed by atoms with Crippen LogP contribution in [0, 0.1) is 10.1 Å². The van der Waals surface area contributed by atoms with Crippen LogP contribution in [0.2, 0.25) is 0 Å². The Bertz CT molecular complexity index is 1030. The molecule has 10 heteroatoms. The van der Waals surface area contributed by atoms with E-state index in [0.717, 1.165) is 11.1 Å². The Morgan fingerprint density at radius 3 is 2.55 bits per heavy atom. The van der Waals surface area contributed by atoms with Gasteiger partial charge in [0.25, 0.3) is 11.8 Å². The first-order chi connectivity index (χ1) is 13.8. The number of nitrogens with zero attached hydrogens (tertiary/aromatic N) is 2. The second-order valence-corrected chi connectivity index (χ2v) is 6.06. The molecule has 0 saturated carbocycles. The molecule has 148 valence electrons. The number of carbonyl (C=O) groups is 3. The van der Waals surface area contributed by atoms with E-state index in [1.54, 1.807) is 30.3 Å². The molecule has 1 fully saturated rings. The molecule has 0 aromatic heterocycles. The molecule has 1 unspecified atom stereocenters. The van der Waals surface area contributed by atoms with Crippen LogP contribution in [0.1, 0.15) is 12.5 Å². The van der Waals surface area contributed by atoms with Crippen LogP contribution < -0.4 is 15.2 Å². The summed E-state index contributed by atoms with van der Waals surface area (Å²) in [6.07, 6.45) is -0.0719. The normalized spacial score (nSPS) is 15.9. The van der Waals surface area contributed by atoms with Gasteiger partial charge in [0, 0.05) is 6.07 Å². The Morgan fingerprint density at radius 1 is 1.24 bits per heavy atom. The lowest BCUT2D eigenvalue weighted by atomic mass is 10.1. The van der Waals surface area contributed by atoms with Gasteiger partial charge in [0.1, 0.15) is 5.57 Å². The number of nitro benzene ring substituents is 1. The summed E-state index contributed by atoms with van der Waals surface area (Å²) in [5, 5.41) is 21.3. The predicted octanol–water partition coefficient (Wildman–Crippen LogP) is 1.91. The highest BCUT2D eigenvalue weighted by Crippen LogP contribution is 2.30. The van der Waals surface area contributed by atoms with Crippen molar-refractivity contribution in [2.24, 2.45) is 0 Å². The van der Waals surface area contributed by atoms with Crippen LogP contribution in [0.25, 0.3) is 6.08 Å². The van der Waals surface area contributed by atoms with Crippen molar-refractivity contribution in [2.45, 2.75) is 13.0 Å². The van der Waals surface area contributed by atoms with E-state index in [2.05, 4.69) is 5.43 Å². The highest BCUT2D eigenvalue weighted by atomic mass is 16.6. The minimum absolute atomic E-state index is 0.198. The lowest BCUT2D eigenvalue weighted by Gasteiger charge is -2.13. The van der Waals surface area contributed by atoms with Crippen LogP contribution >= 0.6 is 0 Å². The van der Waals surface area contributed by atoms with Crippen molar-refractivity contribution in [2.75, 3.05) is 5.01 Å². The topological polar surface area (TPSA) is 139 Å². The number of hydrogen-bond acceptors (Lipinski definition) is 6. The van der Waals surface area contributed by atoms with E-state index in [-0.39, 0.29) is 16.9 Å². The number of carboxylic acids is 1. The molecular weight excluding hydrogens is 382 g/mol. The minimum atomic E-state index is -1.29. The average molecular weight is 397 g/mol. The van der Waals surface area contributed by atoms with Crippen molar-refractivity contribution in [1.29, 1.82) is 0 Å². The molecule has 0 aliphatic carbocycles. The average Bonchev–Trinajstić information content (AvgIpc) is 2.97. The fraction of sp³-hybridized carbons (Fsp3) is 0.105. The number of anilines is 1. The maximum Gasteiger partial charge on any atom is 0.344 e. The quantitative estimate of drug-likeness (QED) is 0.328. The first-order valence-electron chi connectivity index (χ1n) is 8.38. The predicted molar refractivity (Wildman–Crippen MR) is 101 cm³/mol. The summed E-state index contributed by atoms with van der Waals surface area (Å²) in [6, 6.07) is 12.2. The van der Waals surface area contributed by atoms with Gasteiger partial charge in [0.2, 0.25) is 0 Å². The summed E-state index contributed by atoms with van der Waals surface area (Å²) >= 11 is 0. The van der Waals surface area contributed by atoms with E-state index in [4.69, 9.17) is 9.84 Å². The monoisotopic (exact) mass is 397 g/mol. The van der Waals surface area contributed by atoms with Crippen LogP contribution in [0.4, 0.5) is 11.4 Å². The van der Waals surface area contributed by atoms with Crippen LogP contribution in [0.15, 0.2) is 54.1 Å². The molecule has 2 amide bonds. The van der Waals surface area contributed by atoms with Crippen molar-refractivity contribution in [1.82, 2.24) is 5.43 Å². The van der Waals surface area contributed by atoms with Gasteiger partial charge in [0.05, 0.1) is 10.6 Å². The molecule has 0 radical (unpaired) electrons. The standard InChI is InChI=1S/C19H15N3O7/c1-11(19(25)26)29-16-8-7-12(10-15(16)22(27)28)9-14-17(23)20-21(18(14)24)13-5-3-2-4-6-13/h2-11H,1H3,(H,20,23)(H,25,26). The number of para-hydroxylation sites is 1. The van der Waals surface area contributed by atoms with Gasteiger partial charge >= 0.3 is 11.7 Å². The Hall–Kier alpha value is -4.21. The third-order valence-corrected chi connectivity index (χ3v) is 4.05. The van der Waals surface area contributed by atoms with Gasteiger partial charge in [-0.1, -0.05) is 24.3 Å². The fourth-order valence-corrected chi connectivity index (χ4v) is 2.59. The smallest absolute Gasteiger partial charge is 0.344 e. The largest absolute Gasteiger partial charge is 0.479 e. The van der Waals surface area contributed by atoms with E-state index in [1.165, 1.54) is 25.1 Å². The first-order valence-corrected chi connectivity index (χ1v) is 8.38. The number of aliphatic carboxylic acids is 1. The third-order valence-electron chi connectivity index (χ3n) is 4.05. The van der Waals surface area contributed by atoms with Gasteiger partial charge in [-0.25, -0.2) is 9.80 Å². The maximum absolute atomic E-state index is 12.6. The number of ether oxygens (including phenoxy) is 1. The molecular formula is C19H15N3O7. The lowest BCUT2D eigenvalue weighted by Crippen LogP contribution is -2.35. The van der Waals surface area contributed by atoms with Crippen LogP contribution in [0.3, 0.4) is 0 Å². The molecule has 2 aromatic rings. The summed E-state index contributed by atoms with van der Waals surface area (Å²) in [5.74, 6) is -2.77. The highest BCUT2D eigenvalue weighted by Gasteiger charge is 2.34. The van der Waals surface area contributed by atoms with E-state index in [1.807, 2.05) is 0 Å². The summed E-state index contributed by atoms with van der Waals surface area (Å²) < 4.78 is 5.09. The molecule has 1 atom stereocenters. The van der Waals surface area contributed by atoms with E-state index in [0.29, 0.717) is 5.69 Å². The molecule has 0 spiro atoms. The van der Waals surface area contributed by atoms with Crippen molar-refractivity contribution in [3.05, 3.63) is 69.8 Å². The van der Waals surface area contributed by atoms with E-state index >= 15 is 0 Å². The van der Waals surface area contributed by atoms with Crippen molar-refractivity contribution >= 4 is 35.2 Å². The Morgan fingerprint density at radius 2 is 1.93 bits per heavy atom. The number of carbonyl (C=O) groups excluding carboxylic acids is 2. The zero-order valence-electron chi connectivity index (χ0n) is 15.1. The Labute approximate surface area is 164 Å². The van der Waals surface area contributed by atoms with E-state index < -0.39 is 34.5 Å². The van der Waals surface area contributed by atoms with Crippen LogP contribution in [-0.2, 0) is 14.4 Å². The zero-order valence-corrected chi connectivity index (χ0v) is 15.1. The molecule has 0 bridgehead atoms. The molecule has 1 heterocycles. The third kappa shape index (κ3) is 4.05. The van der Waals surface area contributed by atoms with Gasteiger partial charge in [-0.05, 0) is 36.8 Å². The molecule has 3 rings (SSSR count). The van der Waals surface area contributed by atoms with E-state index in [9.17, 15) is 24.5 Å².